The molecular formula is C22H26BrN3OS. The van der Waals surface area contributed by atoms with E-state index in [2.05, 4.69) is 67.0 Å². The fourth-order valence-corrected chi connectivity index (χ4v) is 4.62. The number of thiazole rings is 1. The first-order valence-corrected chi connectivity index (χ1v) is 11.0. The van der Waals surface area contributed by atoms with Gasteiger partial charge in [0.25, 0.3) is 0 Å². The topological polar surface area (TPSA) is 36.4 Å². The Hall–Kier alpha value is -1.76. The van der Waals surface area contributed by atoms with E-state index in [1.165, 1.54) is 11.1 Å². The number of anilines is 1. The first-order valence-electron chi connectivity index (χ1n) is 9.41. The highest BCUT2D eigenvalue weighted by Crippen LogP contribution is 2.31. The van der Waals surface area contributed by atoms with E-state index < -0.39 is 0 Å². The van der Waals surface area contributed by atoms with Gasteiger partial charge in [-0.05, 0) is 75.8 Å². The van der Waals surface area contributed by atoms with Gasteiger partial charge in [0.15, 0.2) is 5.13 Å². The van der Waals surface area contributed by atoms with Crippen molar-refractivity contribution in [3.63, 3.8) is 0 Å². The van der Waals surface area contributed by atoms with E-state index in [0.717, 1.165) is 38.3 Å². The van der Waals surface area contributed by atoms with E-state index >= 15 is 0 Å². The van der Waals surface area contributed by atoms with Gasteiger partial charge in [-0.3, -0.25) is 9.69 Å². The number of halogens is 1. The van der Waals surface area contributed by atoms with Crippen molar-refractivity contribution < 1.29 is 4.79 Å². The number of nitrogens with zero attached hydrogens (tertiary/aromatic N) is 3. The number of fused-ring (bicyclic) bond motifs is 1. The van der Waals surface area contributed by atoms with Gasteiger partial charge in [-0.15, -0.1) is 0 Å². The summed E-state index contributed by atoms with van der Waals surface area (Å²) in [6.07, 6.45) is 1.30. The highest BCUT2D eigenvalue weighted by Gasteiger charge is 2.20. The molecule has 0 atom stereocenters. The molecule has 3 aromatic rings. The molecule has 4 nitrogen and oxygen atoms in total. The lowest BCUT2D eigenvalue weighted by Gasteiger charge is -2.21. The Bertz CT molecular complexity index is 983. The van der Waals surface area contributed by atoms with Crippen LogP contribution in [0.1, 0.15) is 23.1 Å². The minimum absolute atomic E-state index is 0.0973. The lowest BCUT2D eigenvalue weighted by molar-refractivity contribution is -0.118. The van der Waals surface area contributed by atoms with E-state index in [0.29, 0.717) is 13.0 Å². The zero-order chi connectivity index (χ0) is 20.3. The first kappa shape index (κ1) is 21.0. The standard InChI is InChI=1S/C22H26BrN3OS/c1-15-6-7-17(12-16(15)2)13-21(27)26(11-5-10-25(3)4)22-24-19-9-8-18(23)14-20(19)28-22/h6-9,12,14H,5,10-11,13H2,1-4H3. The van der Waals surface area contributed by atoms with Gasteiger partial charge in [-0.25, -0.2) is 4.98 Å². The molecular weight excluding hydrogens is 434 g/mol. The summed E-state index contributed by atoms with van der Waals surface area (Å²) in [6.45, 7) is 5.78. The van der Waals surface area contributed by atoms with E-state index in [4.69, 9.17) is 4.98 Å². The molecule has 0 spiro atoms. The van der Waals surface area contributed by atoms with Crippen molar-refractivity contribution in [1.29, 1.82) is 0 Å². The number of rotatable bonds is 7. The second kappa shape index (κ2) is 9.16. The molecule has 6 heteroatoms. The Kier molecular flexibility index (Phi) is 6.86. The van der Waals surface area contributed by atoms with Crippen molar-refractivity contribution in [2.75, 3.05) is 32.1 Å². The zero-order valence-electron chi connectivity index (χ0n) is 16.8. The summed E-state index contributed by atoms with van der Waals surface area (Å²) in [5.74, 6) is 0.0973. The number of carbonyl (C=O) groups is 1. The molecule has 0 aliphatic carbocycles. The molecule has 1 amide bonds. The van der Waals surface area contributed by atoms with E-state index in [9.17, 15) is 4.79 Å². The van der Waals surface area contributed by atoms with E-state index in [1.807, 2.05) is 23.1 Å². The molecule has 0 aliphatic rings. The summed E-state index contributed by atoms with van der Waals surface area (Å²) in [6, 6.07) is 12.3. The fourth-order valence-electron chi connectivity index (χ4n) is 3.06. The molecule has 28 heavy (non-hydrogen) atoms. The van der Waals surface area contributed by atoms with Gasteiger partial charge in [0, 0.05) is 11.0 Å². The molecule has 0 saturated carbocycles. The molecule has 1 aromatic heterocycles. The Labute approximate surface area is 179 Å². The highest BCUT2D eigenvalue weighted by atomic mass is 79.9. The van der Waals surface area contributed by atoms with Gasteiger partial charge in [0.1, 0.15) is 0 Å². The van der Waals surface area contributed by atoms with Crippen LogP contribution in [-0.4, -0.2) is 43.0 Å². The van der Waals surface area contributed by atoms with Crippen LogP contribution < -0.4 is 4.90 Å². The van der Waals surface area contributed by atoms with Crippen molar-refractivity contribution in [3.05, 3.63) is 57.6 Å². The van der Waals surface area contributed by atoms with Gasteiger partial charge in [-0.2, -0.15) is 0 Å². The largest absolute Gasteiger partial charge is 0.309 e. The van der Waals surface area contributed by atoms with Crippen molar-refractivity contribution >= 4 is 48.5 Å². The van der Waals surface area contributed by atoms with Gasteiger partial charge in [-0.1, -0.05) is 45.5 Å². The smallest absolute Gasteiger partial charge is 0.233 e. The van der Waals surface area contributed by atoms with Crippen molar-refractivity contribution in [2.24, 2.45) is 0 Å². The molecule has 0 unspecified atom stereocenters. The summed E-state index contributed by atoms with van der Waals surface area (Å²) in [4.78, 5) is 21.9. The molecule has 0 N–H and O–H groups in total. The maximum atomic E-state index is 13.2. The second-order valence-electron chi connectivity index (χ2n) is 7.41. The minimum Gasteiger partial charge on any atom is -0.309 e. The summed E-state index contributed by atoms with van der Waals surface area (Å²) >= 11 is 5.09. The highest BCUT2D eigenvalue weighted by molar-refractivity contribution is 9.10. The minimum atomic E-state index is 0.0973. The summed E-state index contributed by atoms with van der Waals surface area (Å²) in [5.41, 5.74) is 4.44. The maximum Gasteiger partial charge on any atom is 0.233 e. The van der Waals surface area contributed by atoms with Crippen LogP contribution in [0.3, 0.4) is 0 Å². The van der Waals surface area contributed by atoms with E-state index in [1.54, 1.807) is 11.3 Å². The molecule has 0 fully saturated rings. The zero-order valence-corrected chi connectivity index (χ0v) is 19.2. The SMILES string of the molecule is Cc1ccc(CC(=O)N(CCCN(C)C)c2nc3ccc(Br)cc3s2)cc1C. The average molecular weight is 460 g/mol. The van der Waals surface area contributed by atoms with Crippen LogP contribution in [0.2, 0.25) is 0 Å². The molecule has 148 valence electrons. The maximum absolute atomic E-state index is 13.2. The quantitative estimate of drug-likeness (QED) is 0.486. The molecule has 2 aromatic carbocycles. The normalized spacial score (nSPS) is 11.4. The third-order valence-corrected chi connectivity index (χ3v) is 6.32. The van der Waals surface area contributed by atoms with Crippen LogP contribution >= 0.6 is 27.3 Å². The molecule has 0 bridgehead atoms. The molecule has 0 saturated heterocycles. The van der Waals surface area contributed by atoms with Crippen molar-refractivity contribution in [2.45, 2.75) is 26.7 Å². The third kappa shape index (κ3) is 5.19. The van der Waals surface area contributed by atoms with Gasteiger partial charge >= 0.3 is 0 Å². The number of aryl methyl sites for hydroxylation is 2. The number of carbonyl (C=O) groups excluding carboxylic acids is 1. The monoisotopic (exact) mass is 459 g/mol. The molecule has 0 radical (unpaired) electrons. The Balaban J connectivity index is 1.85. The number of hydrogen-bond donors (Lipinski definition) is 0. The summed E-state index contributed by atoms with van der Waals surface area (Å²) in [5, 5.41) is 0.778. The average Bonchev–Trinajstić information content (AvgIpc) is 3.04. The van der Waals surface area contributed by atoms with E-state index in [-0.39, 0.29) is 5.91 Å². The Morgan fingerprint density at radius 3 is 2.57 bits per heavy atom. The predicted octanol–water partition coefficient (Wildman–Crippen LogP) is 5.20. The lowest BCUT2D eigenvalue weighted by Crippen LogP contribution is -2.34. The van der Waals surface area contributed by atoms with Crippen molar-refractivity contribution in [1.82, 2.24) is 9.88 Å². The Morgan fingerprint density at radius 1 is 1.07 bits per heavy atom. The van der Waals surface area contributed by atoms with Crippen molar-refractivity contribution in [3.8, 4) is 0 Å². The van der Waals surface area contributed by atoms with Crippen LogP contribution in [0.4, 0.5) is 5.13 Å². The second-order valence-corrected chi connectivity index (χ2v) is 9.33. The van der Waals surface area contributed by atoms with Gasteiger partial charge in [0.2, 0.25) is 5.91 Å². The van der Waals surface area contributed by atoms with Gasteiger partial charge in [0.05, 0.1) is 16.6 Å². The van der Waals surface area contributed by atoms with Crippen LogP contribution in [0, 0.1) is 13.8 Å². The van der Waals surface area contributed by atoms with Crippen LogP contribution in [0.5, 0.6) is 0 Å². The number of benzene rings is 2. The fraction of sp³-hybridized carbons (Fsp3) is 0.364. The number of aromatic nitrogens is 1. The molecule has 0 aliphatic heterocycles. The third-order valence-electron chi connectivity index (χ3n) is 4.78. The molecule has 1 heterocycles. The lowest BCUT2D eigenvalue weighted by atomic mass is 10.0. The Morgan fingerprint density at radius 2 is 1.86 bits per heavy atom. The van der Waals surface area contributed by atoms with Gasteiger partial charge < -0.3 is 4.90 Å². The molecule has 3 rings (SSSR count). The van der Waals surface area contributed by atoms with Crippen LogP contribution in [-0.2, 0) is 11.2 Å². The predicted molar refractivity (Wildman–Crippen MR) is 122 cm³/mol. The number of hydrogen-bond acceptors (Lipinski definition) is 4. The summed E-state index contributed by atoms with van der Waals surface area (Å²) < 4.78 is 2.11. The first-order chi connectivity index (χ1) is 13.3. The van der Waals surface area contributed by atoms with Crippen LogP contribution in [0.25, 0.3) is 10.2 Å². The number of amides is 1. The summed E-state index contributed by atoms with van der Waals surface area (Å²) in [7, 11) is 4.10. The van der Waals surface area contributed by atoms with Crippen LogP contribution in [0.15, 0.2) is 40.9 Å².